The van der Waals surface area contributed by atoms with Crippen molar-refractivity contribution >= 4 is 35.1 Å². The molecular formula is C15H14Cl2O4. The second kappa shape index (κ2) is 6.08. The molecule has 1 saturated carbocycles. The van der Waals surface area contributed by atoms with E-state index >= 15 is 0 Å². The minimum atomic E-state index is -1.21. The molecule has 0 amide bonds. The Morgan fingerprint density at radius 3 is 2.24 bits per heavy atom. The molecule has 0 spiro atoms. The van der Waals surface area contributed by atoms with Gasteiger partial charge < -0.3 is 9.84 Å². The summed E-state index contributed by atoms with van der Waals surface area (Å²) in [5, 5.41) is 9.68. The first kappa shape index (κ1) is 15.9. The lowest BCUT2D eigenvalue weighted by atomic mass is 9.75. The molecule has 4 nitrogen and oxygen atoms in total. The predicted molar refractivity (Wildman–Crippen MR) is 79.5 cm³/mol. The highest BCUT2D eigenvalue weighted by atomic mass is 35.5. The summed E-state index contributed by atoms with van der Waals surface area (Å²) in [5.74, 6) is -1.82. The third kappa shape index (κ3) is 3.57. The number of halogens is 2. The van der Waals surface area contributed by atoms with Crippen molar-refractivity contribution < 1.29 is 19.4 Å². The van der Waals surface area contributed by atoms with Crippen molar-refractivity contribution in [3.8, 4) is 0 Å². The maximum absolute atomic E-state index is 11.9. The van der Waals surface area contributed by atoms with Crippen LogP contribution in [0.5, 0.6) is 0 Å². The van der Waals surface area contributed by atoms with Crippen molar-refractivity contribution in [1.82, 2.24) is 0 Å². The Morgan fingerprint density at radius 1 is 1.24 bits per heavy atom. The molecule has 1 aliphatic carbocycles. The van der Waals surface area contributed by atoms with Gasteiger partial charge in [-0.3, -0.25) is 4.79 Å². The van der Waals surface area contributed by atoms with Crippen LogP contribution in [-0.4, -0.2) is 17.0 Å². The Hall–Kier alpha value is -1.52. The van der Waals surface area contributed by atoms with Crippen molar-refractivity contribution in [3.63, 3.8) is 0 Å². The Balaban J connectivity index is 2.16. The maximum atomic E-state index is 11.9. The molecule has 1 fully saturated rings. The average Bonchev–Trinajstić information content (AvgIpc) is 2.32. The lowest BCUT2D eigenvalue weighted by Gasteiger charge is -2.41. The minimum absolute atomic E-state index is 0.196. The fourth-order valence-corrected chi connectivity index (χ4v) is 2.79. The van der Waals surface area contributed by atoms with E-state index in [-0.39, 0.29) is 12.0 Å². The van der Waals surface area contributed by atoms with Crippen molar-refractivity contribution in [3.05, 3.63) is 46.0 Å². The van der Waals surface area contributed by atoms with Gasteiger partial charge in [0.2, 0.25) is 0 Å². The van der Waals surface area contributed by atoms with Crippen LogP contribution in [0.15, 0.2) is 30.4 Å². The van der Waals surface area contributed by atoms with Gasteiger partial charge in [-0.05, 0) is 43.0 Å². The van der Waals surface area contributed by atoms with E-state index in [1.54, 1.807) is 18.2 Å². The van der Waals surface area contributed by atoms with Gasteiger partial charge in [-0.15, -0.1) is 0 Å². The van der Waals surface area contributed by atoms with Gasteiger partial charge in [-0.2, -0.15) is 0 Å². The summed E-state index contributed by atoms with van der Waals surface area (Å²) < 4.78 is 5.51. The molecule has 0 unspecified atom stereocenters. The summed E-state index contributed by atoms with van der Waals surface area (Å²) in [5.41, 5.74) is -0.219. The number of aliphatic carboxylic acids is 1. The fraction of sp³-hybridized carbons (Fsp3) is 0.333. The van der Waals surface area contributed by atoms with E-state index in [2.05, 4.69) is 6.58 Å². The van der Waals surface area contributed by atoms with Gasteiger partial charge in [0.05, 0.1) is 6.42 Å². The van der Waals surface area contributed by atoms with Gasteiger partial charge in [0.15, 0.2) is 0 Å². The molecule has 112 valence electrons. The van der Waals surface area contributed by atoms with Gasteiger partial charge >= 0.3 is 11.9 Å². The number of ether oxygens (including phenoxy) is 1. The highest BCUT2D eigenvalue weighted by Crippen LogP contribution is 2.46. The molecule has 0 atom stereocenters. The Morgan fingerprint density at radius 2 is 1.81 bits per heavy atom. The molecule has 21 heavy (non-hydrogen) atoms. The third-order valence-electron chi connectivity index (χ3n) is 3.52. The van der Waals surface area contributed by atoms with E-state index in [1.165, 1.54) is 0 Å². The number of hydrogen-bond donors (Lipinski definition) is 1. The quantitative estimate of drug-likeness (QED) is 0.656. The van der Waals surface area contributed by atoms with E-state index in [9.17, 15) is 9.59 Å². The molecule has 1 N–H and O–H groups in total. The van der Waals surface area contributed by atoms with E-state index < -0.39 is 17.5 Å². The number of carboxylic acids is 1. The van der Waals surface area contributed by atoms with E-state index in [4.69, 9.17) is 33.0 Å². The summed E-state index contributed by atoms with van der Waals surface area (Å²) in [7, 11) is 0. The van der Waals surface area contributed by atoms with E-state index in [1.807, 2.05) is 0 Å². The molecule has 2 rings (SSSR count). The van der Waals surface area contributed by atoms with Crippen molar-refractivity contribution in [1.29, 1.82) is 0 Å². The minimum Gasteiger partial charge on any atom is -0.478 e. The van der Waals surface area contributed by atoms with Crippen LogP contribution in [0.4, 0.5) is 0 Å². The second-order valence-corrected chi connectivity index (χ2v) is 5.94. The fourth-order valence-electron chi connectivity index (χ4n) is 2.27. The number of carbonyl (C=O) groups is 2. The molecule has 1 aromatic carbocycles. The number of carboxylic acid groups (broad SMARTS) is 1. The topological polar surface area (TPSA) is 63.6 Å². The molecule has 0 aromatic heterocycles. The van der Waals surface area contributed by atoms with Crippen LogP contribution in [-0.2, 0) is 19.9 Å². The number of esters is 1. The average molecular weight is 329 g/mol. The molecule has 0 heterocycles. The zero-order chi connectivity index (χ0) is 15.6. The van der Waals surface area contributed by atoms with Crippen LogP contribution in [0.2, 0.25) is 10.0 Å². The molecule has 0 aliphatic heterocycles. The number of hydrogen-bond acceptors (Lipinski definition) is 3. The molecule has 1 aliphatic rings. The number of rotatable bonds is 5. The first-order chi connectivity index (χ1) is 9.82. The first-order valence-electron chi connectivity index (χ1n) is 6.42. The smallest absolute Gasteiger partial charge is 0.331 e. The van der Waals surface area contributed by atoms with Gasteiger partial charge in [0.25, 0.3) is 0 Å². The largest absolute Gasteiger partial charge is 0.478 e. The van der Waals surface area contributed by atoms with Crippen LogP contribution in [0, 0.1) is 0 Å². The van der Waals surface area contributed by atoms with E-state index in [0.29, 0.717) is 22.9 Å². The molecule has 6 heteroatoms. The molecule has 0 radical (unpaired) electrons. The summed E-state index contributed by atoms with van der Waals surface area (Å²) in [6, 6.07) is 5.03. The van der Waals surface area contributed by atoms with Crippen molar-refractivity contribution in [2.75, 3.05) is 0 Å². The highest BCUT2D eigenvalue weighted by molar-refractivity contribution is 6.34. The molecule has 0 saturated heterocycles. The second-order valence-electron chi connectivity index (χ2n) is 5.07. The zero-order valence-corrected chi connectivity index (χ0v) is 12.7. The highest BCUT2D eigenvalue weighted by Gasteiger charge is 2.43. The van der Waals surface area contributed by atoms with Crippen LogP contribution >= 0.6 is 23.2 Å². The summed E-state index contributed by atoms with van der Waals surface area (Å²) in [6.45, 7) is 3.33. The normalized spacial score (nSPS) is 15.9. The van der Waals surface area contributed by atoms with E-state index in [0.717, 1.165) is 12.0 Å². The van der Waals surface area contributed by atoms with Crippen molar-refractivity contribution in [2.24, 2.45) is 0 Å². The van der Waals surface area contributed by atoms with Crippen LogP contribution in [0.3, 0.4) is 0 Å². The monoisotopic (exact) mass is 328 g/mol. The van der Waals surface area contributed by atoms with Gasteiger partial charge in [0.1, 0.15) is 5.60 Å². The summed E-state index contributed by atoms with van der Waals surface area (Å²) in [4.78, 5) is 22.6. The van der Waals surface area contributed by atoms with Gasteiger partial charge in [0, 0.05) is 15.6 Å². The zero-order valence-electron chi connectivity index (χ0n) is 11.2. The SMILES string of the molecule is C=C(CC(=O)OC1(c2cc(Cl)cc(Cl)c2)CCC1)C(=O)O. The lowest BCUT2D eigenvalue weighted by molar-refractivity contribution is -0.171. The molecule has 1 aromatic rings. The van der Waals surface area contributed by atoms with Crippen LogP contribution < -0.4 is 0 Å². The molecule has 0 bridgehead atoms. The lowest BCUT2D eigenvalue weighted by Crippen LogP contribution is -2.39. The Bertz CT molecular complexity index is 585. The third-order valence-corrected chi connectivity index (χ3v) is 3.96. The number of carbonyl (C=O) groups excluding carboxylic acids is 1. The van der Waals surface area contributed by atoms with Crippen LogP contribution in [0.25, 0.3) is 0 Å². The number of benzene rings is 1. The Labute approximate surface area is 132 Å². The van der Waals surface area contributed by atoms with Gasteiger partial charge in [-0.1, -0.05) is 29.8 Å². The summed E-state index contributed by atoms with van der Waals surface area (Å²) >= 11 is 12.0. The molecular weight excluding hydrogens is 315 g/mol. The Kier molecular flexibility index (Phi) is 4.59. The first-order valence-corrected chi connectivity index (χ1v) is 7.17. The standard InChI is InChI=1S/C15H14Cl2O4/c1-9(14(19)20)5-13(18)21-15(3-2-4-15)10-6-11(16)8-12(17)7-10/h6-8H,1-5H2,(H,19,20). The van der Waals surface area contributed by atoms with Crippen LogP contribution in [0.1, 0.15) is 31.2 Å². The van der Waals surface area contributed by atoms with Crippen molar-refractivity contribution in [2.45, 2.75) is 31.3 Å². The maximum Gasteiger partial charge on any atom is 0.331 e. The summed E-state index contributed by atoms with van der Waals surface area (Å²) in [6.07, 6.45) is 1.90. The predicted octanol–water partition coefficient (Wildman–Crippen LogP) is 3.95. The van der Waals surface area contributed by atoms with Gasteiger partial charge in [-0.25, -0.2) is 4.79 Å².